The van der Waals surface area contributed by atoms with Crippen LogP contribution >= 0.6 is 0 Å². The SMILES string of the molecule is CN1CCC(OCCCNC(=O)[C@]2(c3ccccc3)CC23CCCC3)CC1. The monoisotopic (exact) mass is 370 g/mol. The lowest BCUT2D eigenvalue weighted by Gasteiger charge is -2.29. The molecule has 4 rings (SSSR count). The van der Waals surface area contributed by atoms with E-state index in [0.29, 0.717) is 6.10 Å². The summed E-state index contributed by atoms with van der Waals surface area (Å²) in [5.74, 6) is 0.245. The highest BCUT2D eigenvalue weighted by Gasteiger charge is 2.72. The maximum atomic E-state index is 13.2. The summed E-state index contributed by atoms with van der Waals surface area (Å²) < 4.78 is 6.01. The van der Waals surface area contributed by atoms with Crippen LogP contribution in [0.3, 0.4) is 0 Å². The van der Waals surface area contributed by atoms with E-state index in [0.717, 1.165) is 51.9 Å². The van der Waals surface area contributed by atoms with Crippen molar-refractivity contribution < 1.29 is 9.53 Å². The Hall–Kier alpha value is -1.39. The minimum absolute atomic E-state index is 0.225. The third kappa shape index (κ3) is 3.66. The van der Waals surface area contributed by atoms with E-state index in [1.807, 2.05) is 6.07 Å². The fraction of sp³-hybridized carbons (Fsp3) is 0.696. The zero-order valence-corrected chi connectivity index (χ0v) is 16.7. The van der Waals surface area contributed by atoms with Crippen LogP contribution in [0.25, 0.3) is 0 Å². The first kappa shape index (κ1) is 18.9. The molecule has 2 aliphatic carbocycles. The topological polar surface area (TPSA) is 41.6 Å². The number of rotatable bonds is 7. The fourth-order valence-corrected chi connectivity index (χ4v) is 5.53. The zero-order chi connectivity index (χ0) is 18.7. The Kier molecular flexibility index (Phi) is 5.56. The van der Waals surface area contributed by atoms with E-state index in [2.05, 4.69) is 41.5 Å². The van der Waals surface area contributed by atoms with Crippen molar-refractivity contribution in [2.45, 2.75) is 62.9 Å². The number of carbonyl (C=O) groups is 1. The summed E-state index contributed by atoms with van der Waals surface area (Å²) in [6, 6.07) is 10.5. The molecule has 1 N–H and O–H groups in total. The van der Waals surface area contributed by atoms with E-state index in [4.69, 9.17) is 4.74 Å². The lowest BCUT2D eigenvalue weighted by molar-refractivity contribution is -0.124. The zero-order valence-electron chi connectivity index (χ0n) is 16.7. The molecule has 1 aliphatic heterocycles. The van der Waals surface area contributed by atoms with E-state index >= 15 is 0 Å². The highest BCUT2D eigenvalue weighted by molar-refractivity contribution is 5.93. The summed E-state index contributed by atoms with van der Waals surface area (Å²) in [5.41, 5.74) is 1.16. The number of likely N-dealkylation sites (tertiary alicyclic amines) is 1. The summed E-state index contributed by atoms with van der Waals surface area (Å²) in [4.78, 5) is 15.6. The van der Waals surface area contributed by atoms with Crippen molar-refractivity contribution in [3.05, 3.63) is 35.9 Å². The first-order valence-corrected chi connectivity index (χ1v) is 10.8. The first-order chi connectivity index (χ1) is 13.2. The molecular weight excluding hydrogens is 336 g/mol. The average Bonchev–Trinajstić information content (AvgIpc) is 3.11. The molecule has 27 heavy (non-hydrogen) atoms. The summed E-state index contributed by atoms with van der Waals surface area (Å²) in [6.45, 7) is 3.72. The number of piperidine rings is 1. The Morgan fingerprint density at radius 2 is 1.89 bits per heavy atom. The molecule has 3 fully saturated rings. The van der Waals surface area contributed by atoms with Crippen LogP contribution in [0.2, 0.25) is 0 Å². The summed E-state index contributed by atoms with van der Waals surface area (Å²) >= 11 is 0. The Balaban J connectivity index is 1.28. The van der Waals surface area contributed by atoms with Gasteiger partial charge in [-0.3, -0.25) is 4.79 Å². The molecule has 0 aromatic heterocycles. The Morgan fingerprint density at radius 1 is 1.19 bits per heavy atom. The third-order valence-corrected chi connectivity index (χ3v) is 7.22. The molecule has 1 spiro atoms. The predicted octanol–water partition coefficient (Wildman–Crippen LogP) is 3.51. The number of carbonyl (C=O) groups excluding carboxylic acids is 1. The van der Waals surface area contributed by atoms with E-state index in [1.54, 1.807) is 0 Å². The van der Waals surface area contributed by atoms with Crippen molar-refractivity contribution in [2.75, 3.05) is 33.3 Å². The lowest BCUT2D eigenvalue weighted by atomic mass is 9.84. The largest absolute Gasteiger partial charge is 0.378 e. The molecule has 1 aromatic rings. The minimum atomic E-state index is -0.278. The molecule has 4 heteroatoms. The van der Waals surface area contributed by atoms with Gasteiger partial charge in [-0.1, -0.05) is 43.2 Å². The van der Waals surface area contributed by atoms with E-state index < -0.39 is 0 Å². The summed E-state index contributed by atoms with van der Waals surface area (Å²) in [5, 5.41) is 3.25. The van der Waals surface area contributed by atoms with Crippen molar-refractivity contribution in [3.8, 4) is 0 Å². The normalized spacial score (nSPS) is 27.7. The van der Waals surface area contributed by atoms with Gasteiger partial charge in [0, 0.05) is 26.2 Å². The molecule has 1 saturated heterocycles. The maximum Gasteiger partial charge on any atom is 0.231 e. The standard InChI is InChI=1S/C23H34N2O2/c1-25-15-10-20(11-16-25)27-17-7-14-24-21(26)23(19-8-3-2-4-9-19)18-22(23)12-5-6-13-22/h2-4,8-9,20H,5-7,10-18H2,1H3,(H,24,26)/t23-/m1/s1. The molecule has 1 aromatic carbocycles. The predicted molar refractivity (Wildman–Crippen MR) is 108 cm³/mol. The number of hydrogen-bond acceptors (Lipinski definition) is 3. The van der Waals surface area contributed by atoms with Crippen LogP contribution in [0.5, 0.6) is 0 Å². The molecule has 1 heterocycles. The van der Waals surface area contributed by atoms with Gasteiger partial charge >= 0.3 is 0 Å². The van der Waals surface area contributed by atoms with Crippen LogP contribution in [0.4, 0.5) is 0 Å². The van der Waals surface area contributed by atoms with Crippen LogP contribution in [0, 0.1) is 5.41 Å². The number of nitrogens with one attached hydrogen (secondary N) is 1. The van der Waals surface area contributed by atoms with Gasteiger partial charge in [-0.15, -0.1) is 0 Å². The van der Waals surface area contributed by atoms with Gasteiger partial charge in [-0.05, 0) is 56.6 Å². The molecule has 3 aliphatic rings. The van der Waals surface area contributed by atoms with Crippen LogP contribution < -0.4 is 5.32 Å². The van der Waals surface area contributed by atoms with Crippen molar-refractivity contribution >= 4 is 5.91 Å². The van der Waals surface area contributed by atoms with Gasteiger partial charge in [0.1, 0.15) is 0 Å². The second-order valence-corrected chi connectivity index (χ2v) is 8.92. The highest BCUT2D eigenvalue weighted by Crippen LogP contribution is 2.72. The number of nitrogens with zero attached hydrogens (tertiary/aromatic N) is 1. The summed E-state index contributed by atoms with van der Waals surface area (Å²) in [7, 11) is 2.17. The van der Waals surface area contributed by atoms with Gasteiger partial charge in [0.15, 0.2) is 0 Å². The molecule has 0 radical (unpaired) electrons. The Morgan fingerprint density at radius 3 is 2.59 bits per heavy atom. The van der Waals surface area contributed by atoms with E-state index in [1.165, 1.54) is 31.2 Å². The minimum Gasteiger partial charge on any atom is -0.378 e. The molecular formula is C23H34N2O2. The van der Waals surface area contributed by atoms with Crippen LogP contribution in [-0.4, -0.2) is 50.2 Å². The van der Waals surface area contributed by atoms with E-state index in [9.17, 15) is 4.79 Å². The van der Waals surface area contributed by atoms with Crippen LogP contribution in [0.1, 0.15) is 56.9 Å². The smallest absolute Gasteiger partial charge is 0.231 e. The number of hydrogen-bond donors (Lipinski definition) is 1. The first-order valence-electron chi connectivity index (χ1n) is 10.8. The quantitative estimate of drug-likeness (QED) is 0.747. The van der Waals surface area contributed by atoms with Crippen molar-refractivity contribution in [3.63, 3.8) is 0 Å². The molecule has 148 valence electrons. The molecule has 0 unspecified atom stereocenters. The van der Waals surface area contributed by atoms with Gasteiger partial charge < -0.3 is 15.0 Å². The van der Waals surface area contributed by atoms with Crippen LogP contribution in [-0.2, 0) is 14.9 Å². The van der Waals surface area contributed by atoms with Gasteiger partial charge in [-0.25, -0.2) is 0 Å². The molecule has 1 atom stereocenters. The van der Waals surface area contributed by atoms with Gasteiger partial charge in [0.2, 0.25) is 5.91 Å². The van der Waals surface area contributed by atoms with Gasteiger partial charge in [-0.2, -0.15) is 0 Å². The lowest BCUT2D eigenvalue weighted by Crippen LogP contribution is -2.39. The highest BCUT2D eigenvalue weighted by atomic mass is 16.5. The van der Waals surface area contributed by atoms with Gasteiger partial charge in [0.25, 0.3) is 0 Å². The van der Waals surface area contributed by atoms with Crippen LogP contribution in [0.15, 0.2) is 30.3 Å². The van der Waals surface area contributed by atoms with Crippen molar-refractivity contribution in [1.29, 1.82) is 0 Å². The summed E-state index contributed by atoms with van der Waals surface area (Å²) in [6.07, 6.45) is 9.53. The third-order valence-electron chi connectivity index (χ3n) is 7.22. The average molecular weight is 371 g/mol. The van der Waals surface area contributed by atoms with Crippen molar-refractivity contribution in [1.82, 2.24) is 10.2 Å². The van der Waals surface area contributed by atoms with E-state index in [-0.39, 0.29) is 16.7 Å². The Bertz CT molecular complexity index is 633. The molecule has 4 nitrogen and oxygen atoms in total. The van der Waals surface area contributed by atoms with Crippen molar-refractivity contribution in [2.24, 2.45) is 5.41 Å². The van der Waals surface area contributed by atoms with Gasteiger partial charge in [0.05, 0.1) is 11.5 Å². The molecule has 1 amide bonds. The fourth-order valence-electron chi connectivity index (χ4n) is 5.53. The number of benzene rings is 1. The molecule has 2 saturated carbocycles. The Labute approximate surface area is 163 Å². The number of ether oxygens (including phenoxy) is 1. The maximum absolute atomic E-state index is 13.2. The molecule has 0 bridgehead atoms. The second kappa shape index (κ2) is 7.92. The second-order valence-electron chi connectivity index (χ2n) is 8.92. The number of amides is 1.